The molecule has 2 atom stereocenters. The van der Waals surface area contributed by atoms with Gasteiger partial charge in [-0.2, -0.15) is 18.2 Å². The molecule has 1 aliphatic rings. The van der Waals surface area contributed by atoms with Crippen molar-refractivity contribution in [2.75, 3.05) is 23.3 Å². The number of benzene rings is 1. The van der Waals surface area contributed by atoms with Crippen LogP contribution in [0.5, 0.6) is 0 Å². The van der Waals surface area contributed by atoms with Gasteiger partial charge in [-0.3, -0.25) is 0 Å². The fourth-order valence-electron chi connectivity index (χ4n) is 3.02. The Balaban J connectivity index is 1.93. The van der Waals surface area contributed by atoms with Gasteiger partial charge in [-0.1, -0.05) is 0 Å². The first-order valence-electron chi connectivity index (χ1n) is 8.48. The molecule has 0 saturated carbocycles. The highest BCUT2D eigenvalue weighted by Gasteiger charge is 2.37. The topological polar surface area (TPSA) is 84.3 Å². The number of aryl methyl sites for hydroxylation is 1. The summed E-state index contributed by atoms with van der Waals surface area (Å²) in [4.78, 5) is 9.72. The number of piperidine rings is 1. The number of anilines is 3. The van der Waals surface area contributed by atoms with Crippen molar-refractivity contribution >= 4 is 38.5 Å². The summed E-state index contributed by atoms with van der Waals surface area (Å²) >= 11 is 0. The molecule has 28 heavy (non-hydrogen) atoms. The predicted octanol–water partition coefficient (Wildman–Crippen LogP) is 3.77. The summed E-state index contributed by atoms with van der Waals surface area (Å²) in [6, 6.07) is 4.76. The molecule has 6 nitrogen and oxygen atoms in total. The summed E-state index contributed by atoms with van der Waals surface area (Å²) in [7, 11) is 3.90. The van der Waals surface area contributed by atoms with Crippen LogP contribution in [0, 0.1) is 6.92 Å². The molecule has 2 unspecified atom stereocenters. The fourth-order valence-corrected chi connectivity index (χ4v) is 3.75. The Morgan fingerprint density at radius 3 is 2.75 bits per heavy atom. The number of halogens is 4. The highest BCUT2D eigenvalue weighted by molar-refractivity contribution is 8.13. The molecular weight excluding hydrogens is 417 g/mol. The second kappa shape index (κ2) is 8.32. The van der Waals surface area contributed by atoms with Crippen molar-refractivity contribution in [1.29, 1.82) is 0 Å². The van der Waals surface area contributed by atoms with E-state index >= 15 is 0 Å². The first-order valence-corrected chi connectivity index (χ1v) is 10.5. The van der Waals surface area contributed by atoms with Gasteiger partial charge in [0.25, 0.3) is 0 Å². The van der Waals surface area contributed by atoms with Gasteiger partial charge < -0.3 is 19.9 Å². The Labute approximate surface area is 167 Å². The number of aromatic nitrogens is 2. The number of hydrogen-bond donors (Lipinski definition) is 2. The number of nitrogens with zero attached hydrogens (tertiary/aromatic N) is 3. The molecule has 1 aromatic carbocycles. The molecule has 1 fully saturated rings. The third kappa shape index (κ3) is 4.80. The van der Waals surface area contributed by atoms with Crippen molar-refractivity contribution in [2.45, 2.75) is 36.9 Å². The van der Waals surface area contributed by atoms with E-state index in [-0.39, 0.29) is 18.3 Å². The van der Waals surface area contributed by atoms with Gasteiger partial charge in [0, 0.05) is 25.0 Å². The quantitative estimate of drug-likeness (QED) is 0.712. The number of alkyl halides is 3. The molecular formula is C17H18ClF3N4O2S. The lowest BCUT2D eigenvalue weighted by Gasteiger charge is -2.32. The van der Waals surface area contributed by atoms with Crippen LogP contribution in [0.25, 0.3) is 0 Å². The van der Waals surface area contributed by atoms with Crippen molar-refractivity contribution in [2.24, 2.45) is 0 Å². The van der Waals surface area contributed by atoms with E-state index in [1.807, 2.05) is 0 Å². The molecule has 0 amide bonds. The number of hydrogen-bond acceptors (Lipinski definition) is 6. The Morgan fingerprint density at radius 2 is 2.14 bits per heavy atom. The van der Waals surface area contributed by atoms with Crippen LogP contribution >= 0.6 is 10.7 Å². The third-order valence-electron chi connectivity index (χ3n) is 4.40. The van der Waals surface area contributed by atoms with Gasteiger partial charge in [0.15, 0.2) is 15.6 Å². The zero-order chi connectivity index (χ0) is 20.5. The normalized spacial score (nSPS) is 18.8. The second-order valence-electron chi connectivity index (χ2n) is 6.50. The molecule has 2 N–H and O–H groups in total. The van der Waals surface area contributed by atoms with Crippen LogP contribution in [0.2, 0.25) is 0 Å². The van der Waals surface area contributed by atoms with E-state index in [1.165, 1.54) is 4.90 Å². The molecule has 1 aliphatic heterocycles. The van der Waals surface area contributed by atoms with Crippen LogP contribution in [0.3, 0.4) is 0 Å². The predicted molar refractivity (Wildman–Crippen MR) is 101 cm³/mol. The van der Waals surface area contributed by atoms with E-state index in [0.29, 0.717) is 35.5 Å². The third-order valence-corrected chi connectivity index (χ3v) is 5.56. The van der Waals surface area contributed by atoms with Crippen LogP contribution in [-0.2, 0) is 16.6 Å². The minimum Gasteiger partial charge on any atom is -0.594 e. The smallest absolute Gasteiger partial charge is 0.421 e. The maximum Gasteiger partial charge on any atom is 0.421 e. The Kier molecular flexibility index (Phi) is 6.23. The van der Waals surface area contributed by atoms with E-state index < -0.39 is 28.2 Å². The van der Waals surface area contributed by atoms with Gasteiger partial charge in [0.1, 0.15) is 21.8 Å². The van der Waals surface area contributed by atoms with Gasteiger partial charge in [-0.05, 0) is 43.5 Å². The SMILES string of the molecule is Cc1cc([S+]([O-])Cl)ccc1Nc1ncc(C(F)(F)F)c(N2CCCC(O)C2)n1. The summed E-state index contributed by atoms with van der Waals surface area (Å²) in [6.07, 6.45) is -3.46. The number of β-amino-alcohol motifs (C(OH)–C–C–N with tert-alkyl or cyclic N) is 1. The first-order chi connectivity index (χ1) is 13.1. The number of aliphatic hydroxyl groups is 1. The Bertz CT molecular complexity index is 854. The monoisotopic (exact) mass is 434 g/mol. The summed E-state index contributed by atoms with van der Waals surface area (Å²) in [5.41, 5.74) is 0.289. The van der Waals surface area contributed by atoms with Crippen LogP contribution in [-0.4, -0.2) is 38.8 Å². The molecule has 0 aliphatic carbocycles. The molecule has 2 aromatic rings. The zero-order valence-corrected chi connectivity index (χ0v) is 16.4. The molecule has 2 heterocycles. The number of aliphatic hydroxyl groups excluding tert-OH is 1. The first kappa shape index (κ1) is 21.0. The van der Waals surface area contributed by atoms with E-state index in [1.54, 1.807) is 25.1 Å². The van der Waals surface area contributed by atoms with E-state index in [4.69, 9.17) is 10.7 Å². The van der Waals surface area contributed by atoms with Gasteiger partial charge in [0.2, 0.25) is 5.95 Å². The number of nitrogens with one attached hydrogen (secondary N) is 1. The number of rotatable bonds is 4. The summed E-state index contributed by atoms with van der Waals surface area (Å²) in [5.74, 6) is -0.272. The van der Waals surface area contributed by atoms with Crippen molar-refractivity contribution in [1.82, 2.24) is 9.97 Å². The summed E-state index contributed by atoms with van der Waals surface area (Å²) in [5, 5.41) is 12.7. The molecule has 3 rings (SSSR count). The van der Waals surface area contributed by atoms with Crippen molar-refractivity contribution in [3.8, 4) is 0 Å². The summed E-state index contributed by atoms with van der Waals surface area (Å²) in [6.45, 7) is 2.18. The molecule has 0 spiro atoms. The van der Waals surface area contributed by atoms with Gasteiger partial charge in [-0.25, -0.2) is 4.98 Å². The van der Waals surface area contributed by atoms with Crippen molar-refractivity contribution in [3.05, 3.63) is 35.5 Å². The molecule has 152 valence electrons. The standard InChI is InChI=1S/C17H18ClF3N4O2S/c1-10-7-12(28(18)27)4-5-14(10)23-16-22-8-13(17(19,20)21)15(24-16)25-6-2-3-11(26)9-25/h4-5,7-8,11,26H,2-3,6,9H2,1H3,(H,22,23,24). The van der Waals surface area contributed by atoms with Crippen LogP contribution in [0.15, 0.2) is 29.3 Å². The maximum atomic E-state index is 13.4. The minimum atomic E-state index is -4.61. The molecule has 1 saturated heterocycles. The highest BCUT2D eigenvalue weighted by atomic mass is 35.7. The van der Waals surface area contributed by atoms with E-state index in [2.05, 4.69) is 15.3 Å². The lowest BCUT2D eigenvalue weighted by molar-refractivity contribution is -0.137. The Hall–Kier alpha value is -1.75. The van der Waals surface area contributed by atoms with Crippen molar-refractivity contribution in [3.63, 3.8) is 0 Å². The molecule has 11 heteroatoms. The lowest BCUT2D eigenvalue weighted by Crippen LogP contribution is -2.40. The second-order valence-corrected chi connectivity index (χ2v) is 8.26. The average Bonchev–Trinajstić information content (AvgIpc) is 2.62. The Morgan fingerprint density at radius 1 is 1.39 bits per heavy atom. The fraction of sp³-hybridized carbons (Fsp3) is 0.412. The highest BCUT2D eigenvalue weighted by Crippen LogP contribution is 2.37. The van der Waals surface area contributed by atoms with Gasteiger partial charge in [0.05, 0.1) is 6.10 Å². The molecule has 0 bridgehead atoms. The molecule has 1 aromatic heterocycles. The van der Waals surface area contributed by atoms with Gasteiger partial charge in [-0.15, -0.1) is 0 Å². The largest absolute Gasteiger partial charge is 0.594 e. The van der Waals surface area contributed by atoms with Crippen molar-refractivity contribution < 1.29 is 22.8 Å². The van der Waals surface area contributed by atoms with Crippen LogP contribution in [0.1, 0.15) is 24.0 Å². The minimum absolute atomic E-state index is 0.00842. The summed E-state index contributed by atoms with van der Waals surface area (Å²) < 4.78 is 51.6. The van der Waals surface area contributed by atoms with Crippen LogP contribution < -0.4 is 10.2 Å². The lowest BCUT2D eigenvalue weighted by atomic mass is 10.1. The van der Waals surface area contributed by atoms with Gasteiger partial charge >= 0.3 is 6.18 Å². The average molecular weight is 435 g/mol. The molecule has 0 radical (unpaired) electrons. The zero-order valence-electron chi connectivity index (χ0n) is 14.8. The van der Waals surface area contributed by atoms with E-state index in [0.717, 1.165) is 6.20 Å². The maximum absolute atomic E-state index is 13.4. The van der Waals surface area contributed by atoms with Crippen LogP contribution in [0.4, 0.5) is 30.6 Å². The van der Waals surface area contributed by atoms with E-state index in [9.17, 15) is 22.8 Å².